The first-order valence-electron chi connectivity index (χ1n) is 5.80. The fraction of sp³-hybridized carbons (Fsp3) is 0.462. The number of nitrogens with one attached hydrogen (secondary N) is 1. The van der Waals surface area contributed by atoms with Crippen molar-refractivity contribution in [1.82, 2.24) is 5.32 Å². The molecule has 4 heteroatoms. The molecule has 1 aromatic rings. The number of carbonyl (C=O) groups excluding carboxylic acids is 1. The third-order valence-electron chi connectivity index (χ3n) is 2.62. The molecule has 0 spiro atoms. The Morgan fingerprint density at radius 1 is 1.41 bits per heavy atom. The lowest BCUT2D eigenvalue weighted by Crippen LogP contribution is -2.48. The van der Waals surface area contributed by atoms with Crippen LogP contribution in [0.15, 0.2) is 24.3 Å². The largest absolute Gasteiger partial charge is 0.493 e. The quantitative estimate of drug-likeness (QED) is 0.836. The molecule has 0 aliphatic carbocycles. The first-order valence-corrected chi connectivity index (χ1v) is 5.80. The summed E-state index contributed by atoms with van der Waals surface area (Å²) >= 11 is 0. The Hall–Kier alpha value is -1.55. The minimum absolute atomic E-state index is 0.0189. The van der Waals surface area contributed by atoms with Crippen molar-refractivity contribution in [3.63, 3.8) is 0 Å². The maximum atomic E-state index is 11.4. The summed E-state index contributed by atoms with van der Waals surface area (Å²) in [5, 5.41) is 2.87. The molecule has 0 bridgehead atoms. The molecule has 1 fully saturated rings. The normalized spacial score (nSPS) is 15.1. The van der Waals surface area contributed by atoms with Gasteiger partial charge in [0.05, 0.1) is 32.3 Å². The molecule has 1 saturated heterocycles. The van der Waals surface area contributed by atoms with Crippen molar-refractivity contribution >= 4 is 5.91 Å². The number of carbonyl (C=O) groups is 1. The number of amides is 1. The van der Waals surface area contributed by atoms with Crippen LogP contribution < -0.4 is 10.1 Å². The summed E-state index contributed by atoms with van der Waals surface area (Å²) in [6.07, 6.45) is 0.379. The van der Waals surface area contributed by atoms with E-state index >= 15 is 0 Å². The lowest BCUT2D eigenvalue weighted by atomic mass is 10.2. The number of rotatable bonds is 5. The second-order valence-corrected chi connectivity index (χ2v) is 4.21. The van der Waals surface area contributed by atoms with E-state index in [4.69, 9.17) is 9.47 Å². The maximum Gasteiger partial charge on any atom is 0.223 e. The van der Waals surface area contributed by atoms with Crippen molar-refractivity contribution in [1.29, 1.82) is 0 Å². The van der Waals surface area contributed by atoms with Crippen LogP contribution in [0.1, 0.15) is 12.0 Å². The molecule has 2 rings (SSSR count). The zero-order chi connectivity index (χ0) is 12.1. The summed E-state index contributed by atoms with van der Waals surface area (Å²) in [4.78, 5) is 11.4. The molecule has 1 N–H and O–H groups in total. The van der Waals surface area contributed by atoms with Crippen LogP contribution in [-0.2, 0) is 9.53 Å². The van der Waals surface area contributed by atoms with Crippen molar-refractivity contribution in [3.05, 3.63) is 29.8 Å². The summed E-state index contributed by atoms with van der Waals surface area (Å²) in [7, 11) is 0. The monoisotopic (exact) mass is 235 g/mol. The van der Waals surface area contributed by atoms with E-state index in [9.17, 15) is 4.79 Å². The second-order valence-electron chi connectivity index (χ2n) is 4.21. The summed E-state index contributed by atoms with van der Waals surface area (Å²) in [5.74, 6) is 0.820. The van der Waals surface area contributed by atoms with Gasteiger partial charge in [0.2, 0.25) is 5.91 Å². The van der Waals surface area contributed by atoms with Gasteiger partial charge in [0.15, 0.2) is 0 Å². The van der Waals surface area contributed by atoms with E-state index in [2.05, 4.69) is 5.32 Å². The number of ether oxygens (including phenoxy) is 2. The molecule has 1 aliphatic rings. The van der Waals surface area contributed by atoms with Gasteiger partial charge in [0.1, 0.15) is 5.75 Å². The van der Waals surface area contributed by atoms with E-state index in [1.165, 1.54) is 5.56 Å². The summed E-state index contributed by atoms with van der Waals surface area (Å²) < 4.78 is 10.4. The highest BCUT2D eigenvalue weighted by Gasteiger charge is 2.19. The summed E-state index contributed by atoms with van der Waals surface area (Å²) in [6, 6.07) is 7.99. The van der Waals surface area contributed by atoms with Crippen LogP contribution >= 0.6 is 0 Å². The van der Waals surface area contributed by atoms with Gasteiger partial charge in [0, 0.05) is 0 Å². The highest BCUT2D eigenvalue weighted by atomic mass is 16.5. The molecule has 0 saturated carbocycles. The van der Waals surface area contributed by atoms with Crippen LogP contribution in [-0.4, -0.2) is 31.8 Å². The van der Waals surface area contributed by atoms with Crippen molar-refractivity contribution < 1.29 is 14.3 Å². The fourth-order valence-electron chi connectivity index (χ4n) is 1.51. The topological polar surface area (TPSA) is 47.6 Å². The highest BCUT2D eigenvalue weighted by Crippen LogP contribution is 2.11. The molecule has 0 unspecified atom stereocenters. The molecular weight excluding hydrogens is 218 g/mol. The van der Waals surface area contributed by atoms with Gasteiger partial charge >= 0.3 is 0 Å². The van der Waals surface area contributed by atoms with Crippen LogP contribution in [0.5, 0.6) is 5.75 Å². The van der Waals surface area contributed by atoms with E-state index in [-0.39, 0.29) is 11.9 Å². The Bertz CT molecular complexity index is 371. The first kappa shape index (κ1) is 11.9. The number of benzene rings is 1. The van der Waals surface area contributed by atoms with Gasteiger partial charge in [-0.05, 0) is 19.1 Å². The van der Waals surface area contributed by atoms with E-state index in [1.807, 2.05) is 31.2 Å². The number of aryl methyl sites for hydroxylation is 1. The lowest BCUT2D eigenvalue weighted by molar-refractivity contribution is -0.125. The SMILES string of the molecule is Cc1ccc(OCCC(=O)NC2COC2)cc1. The Balaban J connectivity index is 1.64. The van der Waals surface area contributed by atoms with Gasteiger partial charge in [-0.15, -0.1) is 0 Å². The number of hydrogen-bond acceptors (Lipinski definition) is 3. The van der Waals surface area contributed by atoms with E-state index in [1.54, 1.807) is 0 Å². The molecule has 1 heterocycles. The van der Waals surface area contributed by atoms with Crippen LogP contribution in [0.3, 0.4) is 0 Å². The van der Waals surface area contributed by atoms with Crippen molar-refractivity contribution in [2.75, 3.05) is 19.8 Å². The van der Waals surface area contributed by atoms with Gasteiger partial charge < -0.3 is 14.8 Å². The van der Waals surface area contributed by atoms with Crippen LogP contribution in [0.4, 0.5) is 0 Å². The van der Waals surface area contributed by atoms with Crippen molar-refractivity contribution in [2.45, 2.75) is 19.4 Å². The highest BCUT2D eigenvalue weighted by molar-refractivity contribution is 5.76. The van der Waals surface area contributed by atoms with Crippen molar-refractivity contribution in [3.8, 4) is 5.75 Å². The van der Waals surface area contributed by atoms with Crippen molar-refractivity contribution in [2.24, 2.45) is 0 Å². The molecule has 1 aliphatic heterocycles. The predicted molar refractivity (Wildman–Crippen MR) is 64.0 cm³/mol. The Morgan fingerprint density at radius 3 is 2.71 bits per heavy atom. The predicted octanol–water partition coefficient (Wildman–Crippen LogP) is 1.28. The second kappa shape index (κ2) is 5.68. The van der Waals surface area contributed by atoms with Crippen LogP contribution in [0, 0.1) is 6.92 Å². The van der Waals surface area contributed by atoms with Gasteiger partial charge in [0.25, 0.3) is 0 Å². The van der Waals surface area contributed by atoms with E-state index in [0.717, 1.165) is 5.75 Å². The molecule has 17 heavy (non-hydrogen) atoms. The van der Waals surface area contributed by atoms with Crippen LogP contribution in [0.25, 0.3) is 0 Å². The van der Waals surface area contributed by atoms with E-state index in [0.29, 0.717) is 26.2 Å². The minimum Gasteiger partial charge on any atom is -0.493 e. The third-order valence-corrected chi connectivity index (χ3v) is 2.62. The van der Waals surface area contributed by atoms with Gasteiger partial charge in [-0.3, -0.25) is 4.79 Å². The summed E-state index contributed by atoms with van der Waals surface area (Å²) in [6.45, 7) is 3.69. The first-order chi connectivity index (χ1) is 8.24. The standard InChI is InChI=1S/C13H17NO3/c1-10-2-4-12(5-3-10)17-7-6-13(15)14-11-8-16-9-11/h2-5,11H,6-9H2,1H3,(H,14,15). The fourth-order valence-corrected chi connectivity index (χ4v) is 1.51. The van der Waals surface area contributed by atoms with E-state index < -0.39 is 0 Å². The smallest absolute Gasteiger partial charge is 0.223 e. The van der Waals surface area contributed by atoms with Gasteiger partial charge in [-0.25, -0.2) is 0 Å². The molecule has 0 radical (unpaired) electrons. The summed E-state index contributed by atoms with van der Waals surface area (Å²) in [5.41, 5.74) is 1.19. The Morgan fingerprint density at radius 2 is 2.12 bits per heavy atom. The van der Waals surface area contributed by atoms with Gasteiger partial charge in [-0.2, -0.15) is 0 Å². The average Bonchev–Trinajstić information content (AvgIpc) is 2.26. The Labute approximate surface area is 101 Å². The third kappa shape index (κ3) is 3.75. The van der Waals surface area contributed by atoms with Crippen LogP contribution in [0.2, 0.25) is 0 Å². The maximum absolute atomic E-state index is 11.4. The molecule has 92 valence electrons. The molecular formula is C13H17NO3. The zero-order valence-electron chi connectivity index (χ0n) is 9.94. The molecule has 0 aromatic heterocycles. The lowest BCUT2D eigenvalue weighted by Gasteiger charge is -2.26. The molecule has 1 amide bonds. The molecule has 1 aromatic carbocycles. The molecule has 0 atom stereocenters. The zero-order valence-corrected chi connectivity index (χ0v) is 9.94. The number of hydrogen-bond donors (Lipinski definition) is 1. The molecule has 4 nitrogen and oxygen atoms in total. The Kier molecular flexibility index (Phi) is 3.98. The minimum atomic E-state index is 0.0189. The van der Waals surface area contributed by atoms with Gasteiger partial charge in [-0.1, -0.05) is 17.7 Å². The average molecular weight is 235 g/mol.